The lowest BCUT2D eigenvalue weighted by Gasteiger charge is -2.62. The maximum Gasteiger partial charge on any atom is 0.119 e. The van der Waals surface area contributed by atoms with Gasteiger partial charge in [-0.05, 0) is 37.4 Å². The van der Waals surface area contributed by atoms with Gasteiger partial charge in [-0.3, -0.25) is 0 Å². The number of rotatable bonds is 3. The van der Waals surface area contributed by atoms with Crippen LogP contribution in [0.5, 0.6) is 5.75 Å². The van der Waals surface area contributed by atoms with E-state index in [0.29, 0.717) is 10.8 Å². The van der Waals surface area contributed by atoms with Crippen LogP contribution in [0.1, 0.15) is 47.5 Å². The van der Waals surface area contributed by atoms with Crippen LogP contribution in [-0.2, 0) is 0 Å². The zero-order valence-electron chi connectivity index (χ0n) is 14.8. The Hall–Kier alpha value is -1.02. The molecule has 1 aromatic rings. The van der Waals surface area contributed by atoms with E-state index < -0.39 is 0 Å². The second kappa shape index (κ2) is 7.84. The Morgan fingerprint density at radius 3 is 2.00 bits per heavy atom. The van der Waals surface area contributed by atoms with Crippen molar-refractivity contribution in [3.8, 4) is 5.75 Å². The summed E-state index contributed by atoms with van der Waals surface area (Å²) in [6.07, 6.45) is 2.66. The summed E-state index contributed by atoms with van der Waals surface area (Å²) in [6.45, 7) is 13.8. The highest BCUT2D eigenvalue weighted by Gasteiger charge is 2.57. The second-order valence-electron chi connectivity index (χ2n) is 6.44. The van der Waals surface area contributed by atoms with Gasteiger partial charge < -0.3 is 9.64 Å². The van der Waals surface area contributed by atoms with Crippen LogP contribution >= 0.6 is 0 Å². The summed E-state index contributed by atoms with van der Waals surface area (Å²) in [5, 5.41) is 0. The Morgan fingerprint density at radius 1 is 1.00 bits per heavy atom. The number of hydrogen-bond acceptors (Lipinski definition) is 2. The molecule has 0 N–H and O–H groups in total. The van der Waals surface area contributed by atoms with Gasteiger partial charge in [-0.2, -0.15) is 0 Å². The van der Waals surface area contributed by atoms with Gasteiger partial charge >= 0.3 is 0 Å². The van der Waals surface area contributed by atoms with Gasteiger partial charge in [0.2, 0.25) is 0 Å². The summed E-state index contributed by atoms with van der Waals surface area (Å²) in [5.41, 5.74) is 1.04. The summed E-state index contributed by atoms with van der Waals surface area (Å²) in [4.78, 5) is 2.41. The molecule has 1 aliphatic carbocycles. The van der Waals surface area contributed by atoms with Crippen molar-refractivity contribution in [2.75, 3.05) is 26.7 Å². The third-order valence-corrected chi connectivity index (χ3v) is 4.14. The van der Waals surface area contributed by atoms with E-state index in [4.69, 9.17) is 4.74 Å². The zero-order chi connectivity index (χ0) is 15.9. The molecule has 3 rings (SSSR count). The molecule has 0 bridgehead atoms. The summed E-state index contributed by atoms with van der Waals surface area (Å²) in [5.74, 6) is 1.00. The average molecular weight is 291 g/mol. The smallest absolute Gasteiger partial charge is 0.119 e. The van der Waals surface area contributed by atoms with Gasteiger partial charge in [-0.25, -0.2) is 0 Å². The van der Waals surface area contributed by atoms with Crippen molar-refractivity contribution in [3.63, 3.8) is 0 Å². The third-order valence-electron chi connectivity index (χ3n) is 4.14. The number of benzene rings is 1. The van der Waals surface area contributed by atoms with Crippen molar-refractivity contribution >= 4 is 0 Å². The quantitative estimate of drug-likeness (QED) is 0.789. The fraction of sp³-hybridized carbons (Fsp3) is 0.684. The normalized spacial score (nSPS) is 20.9. The number of ether oxygens (including phenoxy) is 1. The molecule has 1 saturated heterocycles. The molecule has 0 amide bonds. The van der Waals surface area contributed by atoms with Crippen LogP contribution in [0.2, 0.25) is 0 Å². The van der Waals surface area contributed by atoms with E-state index in [-0.39, 0.29) is 0 Å². The van der Waals surface area contributed by atoms with E-state index in [9.17, 15) is 0 Å². The molecular weight excluding hydrogens is 258 g/mol. The molecule has 2 heteroatoms. The van der Waals surface area contributed by atoms with Crippen LogP contribution in [0.3, 0.4) is 0 Å². The van der Waals surface area contributed by atoms with Crippen LogP contribution in [0.15, 0.2) is 30.3 Å². The Bertz CT molecular complexity index is 387. The van der Waals surface area contributed by atoms with Crippen molar-refractivity contribution in [1.82, 2.24) is 4.90 Å². The van der Waals surface area contributed by atoms with Gasteiger partial charge in [0.25, 0.3) is 0 Å². The molecule has 0 unspecified atom stereocenters. The first kappa shape index (κ1) is 18.0. The molecule has 2 aliphatic rings. The second-order valence-corrected chi connectivity index (χ2v) is 6.44. The van der Waals surface area contributed by atoms with Crippen molar-refractivity contribution in [3.05, 3.63) is 30.3 Å². The van der Waals surface area contributed by atoms with Crippen LogP contribution in [0.25, 0.3) is 0 Å². The van der Waals surface area contributed by atoms with E-state index in [1.54, 1.807) is 0 Å². The molecule has 1 heterocycles. The minimum atomic E-state index is 0.400. The van der Waals surface area contributed by atoms with Gasteiger partial charge in [-0.1, -0.05) is 52.8 Å². The monoisotopic (exact) mass is 291 g/mol. The fourth-order valence-electron chi connectivity index (χ4n) is 3.96. The molecule has 2 fully saturated rings. The van der Waals surface area contributed by atoms with Crippen molar-refractivity contribution in [2.45, 2.75) is 47.5 Å². The maximum absolute atomic E-state index is 5.89. The molecule has 0 aromatic heterocycles. The van der Waals surface area contributed by atoms with E-state index in [1.807, 2.05) is 58.0 Å². The van der Waals surface area contributed by atoms with E-state index in [2.05, 4.69) is 18.9 Å². The lowest BCUT2D eigenvalue weighted by atomic mass is 9.51. The zero-order valence-corrected chi connectivity index (χ0v) is 14.8. The topological polar surface area (TPSA) is 12.5 Å². The summed E-state index contributed by atoms with van der Waals surface area (Å²) >= 11 is 0. The van der Waals surface area contributed by atoms with Crippen molar-refractivity contribution in [1.29, 1.82) is 0 Å². The number of nitrogens with zero attached hydrogens (tertiary/aromatic N) is 1. The average Bonchev–Trinajstić information content (AvgIpc) is 2.47. The molecule has 2 nitrogen and oxygen atoms in total. The molecule has 120 valence electrons. The highest BCUT2D eigenvalue weighted by atomic mass is 16.5. The third kappa shape index (κ3) is 4.47. The van der Waals surface area contributed by atoms with Crippen molar-refractivity contribution in [2.24, 2.45) is 10.8 Å². The van der Waals surface area contributed by atoms with Crippen LogP contribution in [-0.4, -0.2) is 31.6 Å². The minimum Gasteiger partial charge on any atom is -0.493 e. The van der Waals surface area contributed by atoms with Gasteiger partial charge in [0.1, 0.15) is 5.75 Å². The summed E-state index contributed by atoms with van der Waals surface area (Å²) < 4.78 is 5.89. The minimum absolute atomic E-state index is 0.400. The van der Waals surface area contributed by atoms with E-state index in [0.717, 1.165) is 12.4 Å². The first-order valence-electron chi connectivity index (χ1n) is 8.46. The molecule has 1 aromatic carbocycles. The molecule has 1 spiro atoms. The molecule has 21 heavy (non-hydrogen) atoms. The molecule has 0 atom stereocenters. The Kier molecular flexibility index (Phi) is 6.73. The molecule has 0 radical (unpaired) electrons. The van der Waals surface area contributed by atoms with Gasteiger partial charge in [0.05, 0.1) is 6.61 Å². The van der Waals surface area contributed by atoms with E-state index >= 15 is 0 Å². The molecular formula is C19H33NO. The summed E-state index contributed by atoms with van der Waals surface area (Å²) in [6, 6.07) is 10.2. The highest BCUT2D eigenvalue weighted by Crippen LogP contribution is 2.58. The number of likely N-dealkylation sites (tertiary alicyclic amines) is 1. The SMILES string of the molecule is CC.CC.CN1CC2(C1)CC(C)(COc1ccccc1)C2. The predicted molar refractivity (Wildman–Crippen MR) is 91.9 cm³/mol. The van der Waals surface area contributed by atoms with Gasteiger partial charge in [0.15, 0.2) is 0 Å². The standard InChI is InChI=1S/C15H21NO.2C2H6/c1-14(8-15(9-14)10-16(2)11-15)12-17-13-6-4-3-5-7-13;2*1-2/h3-7H,8-12H2,1-2H3;2*1-2H3. The van der Waals surface area contributed by atoms with Gasteiger partial charge in [0, 0.05) is 18.5 Å². The first-order valence-corrected chi connectivity index (χ1v) is 8.46. The van der Waals surface area contributed by atoms with E-state index in [1.165, 1.54) is 25.9 Å². The Balaban J connectivity index is 0.000000510. The highest BCUT2D eigenvalue weighted by molar-refractivity contribution is 5.21. The number of para-hydroxylation sites is 1. The largest absolute Gasteiger partial charge is 0.493 e. The first-order chi connectivity index (χ1) is 10.1. The van der Waals surface area contributed by atoms with Crippen molar-refractivity contribution < 1.29 is 4.74 Å². The lowest BCUT2D eigenvalue weighted by molar-refractivity contribution is -0.139. The van der Waals surface area contributed by atoms with Gasteiger partial charge in [-0.15, -0.1) is 0 Å². The van der Waals surface area contributed by atoms with Crippen LogP contribution in [0, 0.1) is 10.8 Å². The lowest BCUT2D eigenvalue weighted by Crippen LogP contribution is -2.64. The van der Waals surface area contributed by atoms with Crippen LogP contribution in [0.4, 0.5) is 0 Å². The fourth-order valence-corrected chi connectivity index (χ4v) is 3.96. The Labute approximate surface area is 131 Å². The predicted octanol–water partition coefficient (Wildman–Crippen LogP) is 4.85. The molecule has 1 saturated carbocycles. The Morgan fingerprint density at radius 2 is 1.52 bits per heavy atom. The van der Waals surface area contributed by atoms with Crippen LogP contribution < -0.4 is 4.74 Å². The number of hydrogen-bond donors (Lipinski definition) is 0. The molecule has 1 aliphatic heterocycles. The maximum atomic E-state index is 5.89. The summed E-state index contributed by atoms with van der Waals surface area (Å²) in [7, 11) is 2.21.